The second kappa shape index (κ2) is 10.7. The Labute approximate surface area is 246 Å². The Kier molecular flexibility index (Phi) is 6.19. The largest absolute Gasteiger partial charge is 0.295 e. The summed E-state index contributed by atoms with van der Waals surface area (Å²) in [7, 11) is 2.09. The van der Waals surface area contributed by atoms with Gasteiger partial charge in [-0.25, -0.2) is 4.57 Å². The van der Waals surface area contributed by atoms with E-state index >= 15 is 0 Å². The van der Waals surface area contributed by atoms with E-state index in [-0.39, 0.29) is 0 Å². The number of imidazole rings is 1. The van der Waals surface area contributed by atoms with Crippen molar-refractivity contribution in [2.45, 2.75) is 73.6 Å². The van der Waals surface area contributed by atoms with Gasteiger partial charge in [0.1, 0.15) is 5.69 Å². The molecule has 0 bridgehead atoms. The van der Waals surface area contributed by atoms with E-state index in [1.165, 1.54) is 0 Å². The Balaban J connectivity index is 1.80. The first kappa shape index (κ1) is 23.1. The predicted molar refractivity (Wildman–Crippen MR) is 171 cm³/mol. The molecule has 1 heterocycles. The van der Waals surface area contributed by atoms with E-state index in [4.69, 9.17) is 5.48 Å². The molecule has 0 spiro atoms. The highest BCUT2D eigenvalue weighted by molar-refractivity contribution is 5.82. The summed E-state index contributed by atoms with van der Waals surface area (Å²) in [6.07, 6.45) is -1.46. The summed E-state index contributed by atoms with van der Waals surface area (Å²) in [6, 6.07) is 28.7. The lowest BCUT2D eigenvalue weighted by Crippen LogP contribution is -2.30. The minimum absolute atomic E-state index is 0.524. The molecule has 0 N–H and O–H groups in total. The van der Waals surface area contributed by atoms with Crippen LogP contribution in [0.4, 0.5) is 0 Å². The quantitative estimate of drug-likeness (QED) is 0.192. The maximum absolute atomic E-state index is 9.13. The van der Waals surface area contributed by atoms with Gasteiger partial charge in [-0.2, -0.15) is 4.57 Å². The second-order valence-electron chi connectivity index (χ2n) is 12.4. The van der Waals surface area contributed by atoms with Crippen molar-refractivity contribution >= 4 is 11.0 Å². The fraction of sp³-hybridized carbons (Fsp3) is 0.342. The van der Waals surface area contributed by atoms with E-state index in [1.807, 2.05) is 103 Å². The van der Waals surface area contributed by atoms with Crippen molar-refractivity contribution in [2.75, 3.05) is 0 Å². The molecule has 2 nitrogen and oxygen atoms in total. The number of rotatable bonds is 6. The van der Waals surface area contributed by atoms with Crippen LogP contribution in [-0.2, 0) is 13.4 Å². The smallest absolute Gasteiger partial charge is 0.225 e. The molecule has 2 heteroatoms. The van der Waals surface area contributed by atoms with Crippen LogP contribution >= 0.6 is 0 Å². The molecule has 206 valence electrons. The van der Waals surface area contributed by atoms with Crippen LogP contribution in [0.25, 0.3) is 39.2 Å². The minimum Gasteiger partial charge on any atom is -0.225 e. The zero-order chi connectivity index (χ0) is 32.4. The number of hydrogen-bond donors (Lipinski definition) is 0. The highest BCUT2D eigenvalue weighted by Gasteiger charge is 2.31. The average molecular weight is 534 g/mol. The molecule has 0 amide bonds. The van der Waals surface area contributed by atoms with Crippen LogP contribution in [0.1, 0.15) is 88.0 Å². The van der Waals surface area contributed by atoms with Gasteiger partial charge in [0.25, 0.3) is 5.82 Å². The molecule has 0 saturated carbocycles. The molecule has 5 rings (SSSR count). The van der Waals surface area contributed by atoms with E-state index in [0.29, 0.717) is 5.56 Å². The van der Waals surface area contributed by atoms with E-state index in [9.17, 15) is 0 Å². The van der Waals surface area contributed by atoms with Gasteiger partial charge in [0, 0.05) is 16.6 Å². The van der Waals surface area contributed by atoms with Crippen molar-refractivity contribution < 1.29 is 10.1 Å². The molecule has 0 fully saturated rings. The normalized spacial score (nSPS) is 14.5. The summed E-state index contributed by atoms with van der Waals surface area (Å²) < 4.78 is 40.2. The van der Waals surface area contributed by atoms with Gasteiger partial charge in [0.15, 0.2) is 11.0 Å². The van der Waals surface area contributed by atoms with Crippen LogP contribution in [0.2, 0.25) is 0 Å². The zero-order valence-electron chi connectivity index (χ0n) is 29.5. The number of hydrogen-bond acceptors (Lipinski definition) is 0. The maximum Gasteiger partial charge on any atom is 0.295 e. The van der Waals surface area contributed by atoms with Crippen molar-refractivity contribution in [3.8, 4) is 28.2 Å². The predicted octanol–water partition coefficient (Wildman–Crippen LogP) is 9.93. The maximum atomic E-state index is 9.13. The van der Waals surface area contributed by atoms with Gasteiger partial charge in [-0.15, -0.1) is 0 Å². The summed E-state index contributed by atoms with van der Waals surface area (Å²) in [5.41, 5.74) is 9.09. The third kappa shape index (κ3) is 5.24. The first-order chi connectivity index (χ1) is 20.3. The Hall–Kier alpha value is -3.65. The Bertz CT molecular complexity index is 1810. The fourth-order valence-corrected chi connectivity index (χ4v) is 5.66. The first-order valence-corrected chi connectivity index (χ1v) is 14.2. The van der Waals surface area contributed by atoms with E-state index in [0.717, 1.165) is 55.9 Å². The van der Waals surface area contributed by atoms with Gasteiger partial charge in [-0.3, -0.25) is 0 Å². The van der Waals surface area contributed by atoms with Crippen LogP contribution < -0.4 is 4.57 Å². The SMILES string of the molecule is [2H]C(C)(C)c1cccc(C([2H])(C)C)c1-n1c(-c2cc(-c3ccc(C([2H])([2H])C(C)(C)C)cc3)ccc2C)[n+](C)c2ccccc21. The minimum atomic E-state index is -1.46. The fourth-order valence-electron chi connectivity index (χ4n) is 5.66. The van der Waals surface area contributed by atoms with Gasteiger partial charge < -0.3 is 0 Å². The Morgan fingerprint density at radius 2 is 1.40 bits per heavy atom. The van der Waals surface area contributed by atoms with E-state index in [1.54, 1.807) is 0 Å². The molecule has 0 unspecified atom stereocenters. The molecule has 0 atom stereocenters. The summed E-state index contributed by atoms with van der Waals surface area (Å²) >= 11 is 0. The lowest BCUT2D eigenvalue weighted by atomic mass is 9.87. The average Bonchev–Trinajstić information content (AvgIpc) is 3.23. The molecule has 0 radical (unpaired) electrons. The van der Waals surface area contributed by atoms with Crippen molar-refractivity contribution in [1.29, 1.82) is 0 Å². The molecule has 0 aliphatic rings. The third-order valence-electron chi connectivity index (χ3n) is 7.57. The van der Waals surface area contributed by atoms with Crippen LogP contribution in [0.5, 0.6) is 0 Å². The number of benzene rings is 4. The summed E-state index contributed by atoms with van der Waals surface area (Å²) in [5, 5.41) is 0. The molecule has 0 aliphatic heterocycles. The zero-order valence-corrected chi connectivity index (χ0v) is 25.5. The summed E-state index contributed by atoms with van der Waals surface area (Å²) in [5.74, 6) is -0.809. The number of nitrogens with zero attached hydrogens (tertiary/aromatic N) is 2. The Morgan fingerprint density at radius 3 is 2.00 bits per heavy atom. The van der Waals surface area contributed by atoms with Crippen LogP contribution in [0, 0.1) is 12.3 Å². The highest BCUT2D eigenvalue weighted by atomic mass is 15.2. The molecule has 1 aromatic heterocycles. The summed E-state index contributed by atoms with van der Waals surface area (Å²) in [6.45, 7) is 15.6. The lowest BCUT2D eigenvalue weighted by Gasteiger charge is -2.19. The van der Waals surface area contributed by atoms with Crippen LogP contribution in [0.3, 0.4) is 0 Å². The van der Waals surface area contributed by atoms with Gasteiger partial charge in [0.2, 0.25) is 0 Å². The van der Waals surface area contributed by atoms with Crippen molar-refractivity contribution in [3.63, 3.8) is 0 Å². The second-order valence-corrected chi connectivity index (χ2v) is 12.4. The summed E-state index contributed by atoms with van der Waals surface area (Å²) in [4.78, 5) is 0. The van der Waals surface area contributed by atoms with E-state index in [2.05, 4.69) is 53.4 Å². The Morgan fingerprint density at radius 1 is 0.800 bits per heavy atom. The number of aromatic nitrogens is 2. The molecule has 5 aromatic rings. The van der Waals surface area contributed by atoms with Gasteiger partial charge >= 0.3 is 0 Å². The molecular weight excluding hydrogens is 484 g/mol. The molecular formula is C38H45N2+. The van der Waals surface area contributed by atoms with Crippen LogP contribution in [-0.4, -0.2) is 4.57 Å². The van der Waals surface area contributed by atoms with E-state index < -0.39 is 23.6 Å². The highest BCUT2D eigenvalue weighted by Crippen LogP contribution is 2.38. The van der Waals surface area contributed by atoms with Gasteiger partial charge in [0.05, 0.1) is 12.6 Å². The molecule has 4 aromatic carbocycles. The van der Waals surface area contributed by atoms with Gasteiger partial charge in [-0.1, -0.05) is 115 Å². The lowest BCUT2D eigenvalue weighted by molar-refractivity contribution is -0.633. The molecule has 0 aliphatic carbocycles. The molecule has 0 saturated heterocycles. The number of para-hydroxylation sites is 3. The molecule has 40 heavy (non-hydrogen) atoms. The van der Waals surface area contributed by atoms with Crippen molar-refractivity contribution in [3.05, 3.63) is 107 Å². The van der Waals surface area contributed by atoms with Gasteiger partial charge in [-0.05, 0) is 71.0 Å². The first-order valence-electron chi connectivity index (χ1n) is 16.2. The number of fused-ring (bicyclic) bond motifs is 1. The third-order valence-corrected chi connectivity index (χ3v) is 7.57. The van der Waals surface area contributed by atoms with Crippen LogP contribution in [0.15, 0.2) is 84.9 Å². The van der Waals surface area contributed by atoms with Crippen molar-refractivity contribution in [2.24, 2.45) is 12.5 Å². The van der Waals surface area contributed by atoms with Crippen molar-refractivity contribution in [1.82, 2.24) is 4.57 Å². The topological polar surface area (TPSA) is 8.81 Å². The number of aryl methyl sites for hydroxylation is 2. The standard InChI is InChI=1S/C38H45N2/c1-25(2)31-13-12-14-32(26(3)4)36(31)40-35-16-11-10-15-34(35)39(9)37(40)33-23-30(20-17-27(33)5)29-21-18-28(19-22-29)24-38(6,7)8/h10-23,25-26H,24H2,1-9H3/q+1/i24D2,25D,26D. The monoisotopic (exact) mass is 533 g/mol.